The van der Waals surface area contributed by atoms with Crippen LogP contribution in [0.25, 0.3) is 0 Å². The Hall–Kier alpha value is -2.15. The molecule has 0 unspecified atom stereocenters. The second-order valence-corrected chi connectivity index (χ2v) is 2.83. The summed E-state index contributed by atoms with van der Waals surface area (Å²) >= 11 is 0. The van der Waals surface area contributed by atoms with Crippen LogP contribution in [-0.2, 0) is 0 Å². The van der Waals surface area contributed by atoms with E-state index in [2.05, 4.69) is 23.5 Å². The lowest BCUT2D eigenvalue weighted by atomic mass is 10.2. The molecule has 0 aromatic rings. The van der Waals surface area contributed by atoms with E-state index in [-0.39, 0.29) is 5.70 Å². The maximum absolute atomic E-state index is 8.43. The summed E-state index contributed by atoms with van der Waals surface area (Å²) in [5, 5.41) is 18.6. The van der Waals surface area contributed by atoms with Crippen molar-refractivity contribution < 1.29 is 0 Å². The van der Waals surface area contributed by atoms with E-state index >= 15 is 0 Å². The highest BCUT2D eigenvalue weighted by Gasteiger charge is 1.97. The Balaban J connectivity index is 4.71. The molecule has 0 aliphatic rings. The minimum absolute atomic E-state index is 0.123. The summed E-state index contributed by atoms with van der Waals surface area (Å²) in [7, 11) is 1.73. The second kappa shape index (κ2) is 6.33. The van der Waals surface area contributed by atoms with E-state index in [9.17, 15) is 0 Å². The number of aliphatic imine (C=N–C) groups is 1. The molecule has 0 bridgehead atoms. The number of likely N-dealkylation sites (N-methyl/N-ethyl adjacent to an activating group) is 1. The standard InChI is InChI=1S/C11H14N4/c1-8(7-15-10(3)6-12)11(14-4)5-9(2)13/h5,7,13-14H,1,3H2,2,4H3/b11-5-,13-9?,15-7+. The zero-order chi connectivity index (χ0) is 11.8. The molecular weight excluding hydrogens is 188 g/mol. The molecular formula is C11H14N4. The van der Waals surface area contributed by atoms with Crippen molar-refractivity contribution in [2.45, 2.75) is 6.92 Å². The predicted molar refractivity (Wildman–Crippen MR) is 62.9 cm³/mol. The van der Waals surface area contributed by atoms with E-state index in [0.717, 1.165) is 0 Å². The third kappa shape index (κ3) is 5.21. The third-order valence-electron chi connectivity index (χ3n) is 1.48. The Bertz CT molecular complexity index is 380. The van der Waals surface area contributed by atoms with Gasteiger partial charge in [0.05, 0.1) is 0 Å². The van der Waals surface area contributed by atoms with E-state index in [1.165, 1.54) is 6.21 Å². The van der Waals surface area contributed by atoms with Gasteiger partial charge in [-0.15, -0.1) is 0 Å². The summed E-state index contributed by atoms with van der Waals surface area (Å²) in [4.78, 5) is 3.79. The number of nitrogens with zero attached hydrogens (tertiary/aromatic N) is 2. The number of rotatable bonds is 5. The van der Waals surface area contributed by atoms with Crippen LogP contribution in [0.1, 0.15) is 6.92 Å². The Morgan fingerprint density at radius 2 is 2.13 bits per heavy atom. The van der Waals surface area contributed by atoms with E-state index in [1.54, 1.807) is 26.1 Å². The van der Waals surface area contributed by atoms with Crippen LogP contribution >= 0.6 is 0 Å². The largest absolute Gasteiger partial charge is 0.388 e. The molecule has 0 saturated heterocycles. The lowest BCUT2D eigenvalue weighted by Gasteiger charge is -2.05. The first-order valence-corrected chi connectivity index (χ1v) is 4.28. The van der Waals surface area contributed by atoms with E-state index < -0.39 is 0 Å². The molecule has 0 amide bonds. The van der Waals surface area contributed by atoms with Crippen molar-refractivity contribution in [1.82, 2.24) is 5.32 Å². The van der Waals surface area contributed by atoms with Gasteiger partial charge in [0.2, 0.25) is 0 Å². The summed E-state index contributed by atoms with van der Waals surface area (Å²) < 4.78 is 0. The van der Waals surface area contributed by atoms with E-state index in [4.69, 9.17) is 10.7 Å². The molecule has 0 aliphatic heterocycles. The Morgan fingerprint density at radius 1 is 1.53 bits per heavy atom. The normalized spacial score (nSPS) is 10.9. The van der Waals surface area contributed by atoms with Crippen LogP contribution in [0, 0.1) is 16.7 Å². The van der Waals surface area contributed by atoms with Gasteiger partial charge in [-0.25, -0.2) is 4.99 Å². The molecule has 0 aromatic carbocycles. The van der Waals surface area contributed by atoms with Gasteiger partial charge in [0.1, 0.15) is 11.8 Å². The average molecular weight is 202 g/mol. The van der Waals surface area contributed by atoms with Crippen molar-refractivity contribution in [3.05, 3.63) is 36.2 Å². The van der Waals surface area contributed by atoms with E-state index in [0.29, 0.717) is 17.0 Å². The molecule has 0 rings (SSSR count). The molecule has 78 valence electrons. The molecule has 0 spiro atoms. The average Bonchev–Trinajstić information content (AvgIpc) is 2.21. The minimum atomic E-state index is 0.123. The van der Waals surface area contributed by atoms with Gasteiger partial charge in [0.25, 0.3) is 0 Å². The molecule has 15 heavy (non-hydrogen) atoms. The maximum atomic E-state index is 8.43. The van der Waals surface area contributed by atoms with Gasteiger partial charge in [0.15, 0.2) is 0 Å². The summed E-state index contributed by atoms with van der Waals surface area (Å²) in [6.45, 7) is 8.83. The van der Waals surface area contributed by atoms with Gasteiger partial charge in [-0.1, -0.05) is 13.2 Å². The number of allylic oxidation sites excluding steroid dienone is 3. The quantitative estimate of drug-likeness (QED) is 0.405. The van der Waals surface area contributed by atoms with E-state index in [1.807, 2.05) is 0 Å². The molecule has 2 N–H and O–H groups in total. The molecule has 0 aliphatic carbocycles. The van der Waals surface area contributed by atoms with Crippen LogP contribution in [0.2, 0.25) is 0 Å². The highest BCUT2D eigenvalue weighted by Crippen LogP contribution is 2.02. The highest BCUT2D eigenvalue weighted by atomic mass is 14.8. The molecule has 4 heteroatoms. The summed E-state index contributed by atoms with van der Waals surface area (Å²) in [6, 6.07) is 1.80. The van der Waals surface area contributed by atoms with Crippen molar-refractivity contribution in [2.24, 2.45) is 4.99 Å². The minimum Gasteiger partial charge on any atom is -0.388 e. The first-order chi connectivity index (χ1) is 7.01. The predicted octanol–water partition coefficient (Wildman–Crippen LogP) is 1.79. The van der Waals surface area contributed by atoms with Crippen molar-refractivity contribution in [1.29, 1.82) is 10.7 Å². The third-order valence-corrected chi connectivity index (χ3v) is 1.48. The molecule has 0 radical (unpaired) electrons. The van der Waals surface area contributed by atoms with Crippen molar-refractivity contribution in [2.75, 3.05) is 7.05 Å². The maximum Gasteiger partial charge on any atom is 0.133 e. The van der Waals surface area contributed by atoms with Crippen LogP contribution in [0.3, 0.4) is 0 Å². The topological polar surface area (TPSA) is 72.0 Å². The SMILES string of the molecule is C=C(C#N)/N=C/C(=C)/C(=C/C(C)=N)NC. The zero-order valence-electron chi connectivity index (χ0n) is 8.96. The smallest absolute Gasteiger partial charge is 0.133 e. The fourth-order valence-corrected chi connectivity index (χ4v) is 0.796. The molecule has 0 atom stereocenters. The highest BCUT2D eigenvalue weighted by molar-refractivity contribution is 5.94. The summed E-state index contributed by atoms with van der Waals surface area (Å²) in [5.74, 6) is 0. The Morgan fingerprint density at radius 3 is 2.53 bits per heavy atom. The van der Waals surface area contributed by atoms with Crippen LogP contribution in [0.5, 0.6) is 0 Å². The number of nitrogens with one attached hydrogen (secondary N) is 2. The molecule has 4 nitrogen and oxygen atoms in total. The summed E-state index contributed by atoms with van der Waals surface area (Å²) in [5.41, 5.74) is 1.82. The van der Waals surface area contributed by atoms with Gasteiger partial charge in [-0.3, -0.25) is 0 Å². The van der Waals surface area contributed by atoms with Crippen molar-refractivity contribution in [3.63, 3.8) is 0 Å². The van der Waals surface area contributed by atoms with Crippen molar-refractivity contribution in [3.8, 4) is 6.07 Å². The molecule has 0 saturated carbocycles. The van der Waals surface area contributed by atoms with Crippen LogP contribution < -0.4 is 5.32 Å². The zero-order valence-corrected chi connectivity index (χ0v) is 8.96. The number of nitriles is 1. The first kappa shape index (κ1) is 12.8. The first-order valence-electron chi connectivity index (χ1n) is 4.28. The van der Waals surface area contributed by atoms with Gasteiger partial charge < -0.3 is 10.7 Å². The summed E-state index contributed by atoms with van der Waals surface area (Å²) in [6.07, 6.45) is 3.07. The molecule has 0 fully saturated rings. The Kier molecular flexibility index (Phi) is 5.42. The van der Waals surface area contributed by atoms with Gasteiger partial charge >= 0.3 is 0 Å². The fourth-order valence-electron chi connectivity index (χ4n) is 0.796. The van der Waals surface area contributed by atoms with Crippen LogP contribution in [-0.4, -0.2) is 19.0 Å². The molecule has 0 aromatic heterocycles. The monoisotopic (exact) mass is 202 g/mol. The van der Waals surface area contributed by atoms with Gasteiger partial charge in [-0.05, 0) is 13.0 Å². The lowest BCUT2D eigenvalue weighted by molar-refractivity contribution is 1.02. The number of hydrogen-bond acceptors (Lipinski definition) is 4. The van der Waals surface area contributed by atoms with Crippen molar-refractivity contribution >= 4 is 11.9 Å². The number of hydrogen-bond donors (Lipinski definition) is 2. The fraction of sp³-hybridized carbons (Fsp3) is 0.182. The lowest BCUT2D eigenvalue weighted by Crippen LogP contribution is -2.10. The second-order valence-electron chi connectivity index (χ2n) is 2.83. The van der Waals surface area contributed by atoms with Crippen LogP contribution in [0.15, 0.2) is 41.2 Å². The van der Waals surface area contributed by atoms with Gasteiger partial charge in [-0.2, -0.15) is 5.26 Å². The van der Waals surface area contributed by atoms with Crippen LogP contribution in [0.4, 0.5) is 0 Å². The van der Waals surface area contributed by atoms with Gasteiger partial charge in [0, 0.05) is 30.2 Å². The molecule has 0 heterocycles. The Labute approximate surface area is 89.8 Å².